The number of hydrogen-bond donors (Lipinski definition) is 1. The van der Waals surface area contributed by atoms with Gasteiger partial charge < -0.3 is 14.8 Å². The number of ether oxygens (including phenoxy) is 2. The normalized spacial score (nSPS) is 12.2. The Kier molecular flexibility index (Phi) is 8.11. The average Bonchev–Trinajstić information content (AvgIpc) is 2.71. The molecule has 0 radical (unpaired) electrons. The van der Waals surface area contributed by atoms with Gasteiger partial charge in [-0.3, -0.25) is 9.10 Å². The molecule has 0 aliphatic rings. The zero-order valence-corrected chi connectivity index (χ0v) is 19.0. The molecule has 7 nitrogen and oxygen atoms in total. The Morgan fingerprint density at radius 3 is 2.37 bits per heavy atom. The lowest BCUT2D eigenvalue weighted by Gasteiger charge is -2.30. The highest BCUT2D eigenvalue weighted by atomic mass is 32.2. The summed E-state index contributed by atoms with van der Waals surface area (Å²) in [6, 6.07) is 11.5. The van der Waals surface area contributed by atoms with Crippen LogP contribution in [0.25, 0.3) is 0 Å². The predicted molar refractivity (Wildman–Crippen MR) is 119 cm³/mol. The molecule has 0 aliphatic heterocycles. The van der Waals surface area contributed by atoms with E-state index in [1.807, 2.05) is 32.0 Å². The number of hydrogen-bond acceptors (Lipinski definition) is 5. The molecular weight excluding hydrogens is 404 g/mol. The molecule has 2 rings (SSSR count). The third kappa shape index (κ3) is 5.89. The minimum absolute atomic E-state index is 0.267. The third-order valence-electron chi connectivity index (χ3n) is 4.87. The topological polar surface area (TPSA) is 84.9 Å². The van der Waals surface area contributed by atoms with E-state index in [0.29, 0.717) is 17.9 Å². The molecule has 2 aromatic rings. The van der Waals surface area contributed by atoms with E-state index >= 15 is 0 Å². The van der Waals surface area contributed by atoms with E-state index in [9.17, 15) is 13.2 Å². The van der Waals surface area contributed by atoms with Crippen molar-refractivity contribution in [2.45, 2.75) is 33.2 Å². The Balaban J connectivity index is 2.07. The minimum atomic E-state index is -3.68. The van der Waals surface area contributed by atoms with E-state index in [1.165, 1.54) is 7.11 Å². The number of methoxy groups -OCH3 is 1. The molecule has 0 spiro atoms. The van der Waals surface area contributed by atoms with Crippen LogP contribution in [-0.2, 0) is 14.8 Å². The highest BCUT2D eigenvalue weighted by Gasteiger charge is 2.31. The highest BCUT2D eigenvalue weighted by Crippen LogP contribution is 2.25. The number of benzene rings is 2. The van der Waals surface area contributed by atoms with Crippen LogP contribution < -0.4 is 19.1 Å². The summed E-state index contributed by atoms with van der Waals surface area (Å²) in [6.07, 6.45) is 1.42. The van der Waals surface area contributed by atoms with Crippen molar-refractivity contribution in [3.05, 3.63) is 53.6 Å². The van der Waals surface area contributed by atoms with Crippen LogP contribution in [0.5, 0.6) is 11.5 Å². The number of aryl methyl sites for hydroxylation is 1. The quantitative estimate of drug-likeness (QED) is 0.581. The number of nitrogens with zero attached hydrogens (tertiary/aromatic N) is 1. The van der Waals surface area contributed by atoms with E-state index in [4.69, 9.17) is 9.47 Å². The number of amides is 1. The summed E-state index contributed by atoms with van der Waals surface area (Å²) in [5, 5.41) is 2.79. The van der Waals surface area contributed by atoms with Crippen molar-refractivity contribution in [2.24, 2.45) is 0 Å². The van der Waals surface area contributed by atoms with Gasteiger partial charge in [-0.2, -0.15) is 0 Å². The van der Waals surface area contributed by atoms with Gasteiger partial charge >= 0.3 is 0 Å². The summed E-state index contributed by atoms with van der Waals surface area (Å²) < 4.78 is 37.0. The molecule has 1 amide bonds. The van der Waals surface area contributed by atoms with Gasteiger partial charge in [0.05, 0.1) is 25.6 Å². The van der Waals surface area contributed by atoms with Crippen molar-refractivity contribution in [2.75, 3.05) is 30.8 Å². The van der Waals surface area contributed by atoms with Crippen molar-refractivity contribution in [3.63, 3.8) is 0 Å². The zero-order chi connectivity index (χ0) is 22.3. The van der Waals surface area contributed by atoms with E-state index in [1.54, 1.807) is 31.2 Å². The molecule has 0 unspecified atom stereocenters. The maximum absolute atomic E-state index is 12.8. The summed E-state index contributed by atoms with van der Waals surface area (Å²) >= 11 is 0. The molecule has 8 heteroatoms. The van der Waals surface area contributed by atoms with Gasteiger partial charge in [0, 0.05) is 0 Å². The Hall–Kier alpha value is -2.74. The summed E-state index contributed by atoms with van der Waals surface area (Å²) in [4.78, 5) is 12.8. The first-order chi connectivity index (χ1) is 14.2. The van der Waals surface area contributed by atoms with E-state index < -0.39 is 16.1 Å². The number of sulfonamides is 1. The lowest BCUT2D eigenvalue weighted by molar-refractivity contribution is -0.122. The fraction of sp³-hybridized carbons (Fsp3) is 0.409. The number of carbonyl (C=O) groups is 1. The number of carbonyl (C=O) groups excluding carboxylic acids is 1. The first kappa shape index (κ1) is 23.5. The van der Waals surface area contributed by atoms with E-state index in [-0.39, 0.29) is 19.1 Å². The van der Waals surface area contributed by atoms with Gasteiger partial charge in [-0.15, -0.1) is 0 Å². The van der Waals surface area contributed by atoms with Gasteiger partial charge in [-0.1, -0.05) is 19.1 Å². The van der Waals surface area contributed by atoms with Crippen molar-refractivity contribution in [1.29, 1.82) is 0 Å². The molecule has 164 valence electrons. The van der Waals surface area contributed by atoms with Gasteiger partial charge in [0.1, 0.15) is 24.1 Å². The monoisotopic (exact) mass is 434 g/mol. The largest absolute Gasteiger partial charge is 0.497 e. The Morgan fingerprint density at radius 2 is 1.80 bits per heavy atom. The molecule has 0 saturated carbocycles. The van der Waals surface area contributed by atoms with Crippen LogP contribution in [0.3, 0.4) is 0 Å². The van der Waals surface area contributed by atoms with Crippen LogP contribution in [0.1, 0.15) is 24.5 Å². The third-order valence-corrected chi connectivity index (χ3v) is 6.05. The molecule has 0 aliphatic carbocycles. The second-order valence-corrected chi connectivity index (χ2v) is 8.88. The van der Waals surface area contributed by atoms with E-state index in [0.717, 1.165) is 27.4 Å². The summed E-state index contributed by atoms with van der Waals surface area (Å²) in [5.74, 6) is 1.00. The van der Waals surface area contributed by atoms with Crippen LogP contribution in [0.15, 0.2) is 42.5 Å². The summed E-state index contributed by atoms with van der Waals surface area (Å²) in [7, 11) is -2.14. The van der Waals surface area contributed by atoms with Crippen molar-refractivity contribution in [3.8, 4) is 11.5 Å². The first-order valence-electron chi connectivity index (χ1n) is 9.79. The Bertz CT molecular complexity index is 958. The molecule has 0 bridgehead atoms. The molecule has 0 saturated heterocycles. The van der Waals surface area contributed by atoms with Gasteiger partial charge in [0.15, 0.2) is 0 Å². The maximum Gasteiger partial charge on any atom is 0.244 e. The van der Waals surface area contributed by atoms with Crippen LogP contribution in [0.4, 0.5) is 5.69 Å². The number of nitrogens with one attached hydrogen (secondary N) is 1. The summed E-state index contributed by atoms with van der Waals surface area (Å²) in [6.45, 7) is 6.32. The Morgan fingerprint density at radius 1 is 1.13 bits per heavy atom. The second kappa shape index (κ2) is 10.3. The van der Waals surface area contributed by atoms with Crippen LogP contribution in [-0.4, -0.2) is 46.9 Å². The van der Waals surface area contributed by atoms with Crippen molar-refractivity contribution in [1.82, 2.24) is 5.32 Å². The standard InChI is InChI=1S/C22H30N2O5S/c1-6-20(24(30(5,26)27)18-10-12-19(28-4)13-11-18)22(25)23-14-15-29-21-9-7-8-16(2)17(21)3/h7-13,20H,6,14-15H2,1-5H3,(H,23,25)/t20-/m0/s1. The lowest BCUT2D eigenvalue weighted by Crippen LogP contribution is -2.50. The molecule has 0 fully saturated rings. The highest BCUT2D eigenvalue weighted by molar-refractivity contribution is 7.92. The fourth-order valence-electron chi connectivity index (χ4n) is 3.12. The lowest BCUT2D eigenvalue weighted by atomic mass is 10.1. The van der Waals surface area contributed by atoms with Crippen molar-refractivity contribution < 1.29 is 22.7 Å². The SMILES string of the molecule is CC[C@@H](C(=O)NCCOc1cccc(C)c1C)N(c1ccc(OC)cc1)S(C)(=O)=O. The van der Waals surface area contributed by atoms with Gasteiger partial charge in [-0.05, 0) is 61.7 Å². The minimum Gasteiger partial charge on any atom is -0.497 e. The molecular formula is C22H30N2O5S. The summed E-state index contributed by atoms with van der Waals surface area (Å²) in [5.41, 5.74) is 2.59. The Labute approximate surface area is 179 Å². The smallest absolute Gasteiger partial charge is 0.244 e. The van der Waals surface area contributed by atoms with Gasteiger partial charge in [0.25, 0.3) is 0 Å². The molecule has 1 atom stereocenters. The molecule has 30 heavy (non-hydrogen) atoms. The van der Waals surface area contributed by atoms with Crippen LogP contribution >= 0.6 is 0 Å². The van der Waals surface area contributed by atoms with Gasteiger partial charge in [0.2, 0.25) is 15.9 Å². The van der Waals surface area contributed by atoms with Gasteiger partial charge in [-0.25, -0.2) is 8.42 Å². The zero-order valence-electron chi connectivity index (χ0n) is 18.1. The van der Waals surface area contributed by atoms with Crippen LogP contribution in [0.2, 0.25) is 0 Å². The van der Waals surface area contributed by atoms with Crippen molar-refractivity contribution >= 4 is 21.6 Å². The molecule has 1 N–H and O–H groups in total. The average molecular weight is 435 g/mol. The second-order valence-electron chi connectivity index (χ2n) is 7.02. The molecule has 0 heterocycles. The molecule has 0 aromatic heterocycles. The van der Waals surface area contributed by atoms with E-state index in [2.05, 4.69) is 5.32 Å². The number of anilines is 1. The predicted octanol–water partition coefficient (Wildman–Crippen LogP) is 3.05. The molecule has 2 aromatic carbocycles. The first-order valence-corrected chi connectivity index (χ1v) is 11.6. The van der Waals surface area contributed by atoms with Crippen LogP contribution in [0, 0.1) is 13.8 Å². The maximum atomic E-state index is 12.8. The number of rotatable bonds is 10. The fourth-order valence-corrected chi connectivity index (χ4v) is 4.33.